The van der Waals surface area contributed by atoms with E-state index in [2.05, 4.69) is 15.4 Å². The molecule has 2 aromatic rings. The number of halogens is 1. The quantitative estimate of drug-likeness (QED) is 0.897. The predicted molar refractivity (Wildman–Crippen MR) is 86.0 cm³/mol. The van der Waals surface area contributed by atoms with Crippen LogP contribution in [0.4, 0.5) is 4.39 Å². The highest BCUT2D eigenvalue weighted by Crippen LogP contribution is 2.32. The second-order valence-electron chi connectivity index (χ2n) is 5.84. The molecule has 0 saturated heterocycles. The molecular weight excluding hydrogens is 325 g/mol. The van der Waals surface area contributed by atoms with Gasteiger partial charge in [-0.05, 0) is 37.5 Å². The second-order valence-corrected chi connectivity index (χ2v) is 5.84. The Kier molecular flexibility index (Phi) is 5.23. The highest BCUT2D eigenvalue weighted by atomic mass is 19.1. The minimum atomic E-state index is -0.344. The van der Waals surface area contributed by atoms with Crippen molar-refractivity contribution in [3.05, 3.63) is 41.7 Å². The summed E-state index contributed by atoms with van der Waals surface area (Å²) in [6.07, 6.45) is 3.84. The molecule has 1 atom stereocenters. The molecule has 8 heteroatoms. The van der Waals surface area contributed by atoms with Crippen LogP contribution < -0.4 is 10.1 Å². The molecule has 1 N–H and O–H groups in total. The number of aromatic nitrogens is 3. The average Bonchev–Trinajstić information content (AvgIpc) is 2.98. The molecular formula is C17H18FN5O2. The van der Waals surface area contributed by atoms with Gasteiger partial charge in [-0.15, -0.1) is 5.10 Å². The van der Waals surface area contributed by atoms with E-state index < -0.39 is 0 Å². The Morgan fingerprint density at radius 1 is 1.52 bits per heavy atom. The van der Waals surface area contributed by atoms with E-state index in [9.17, 15) is 9.18 Å². The maximum absolute atomic E-state index is 13.6. The molecule has 3 rings (SSSR count). The van der Waals surface area contributed by atoms with Crippen molar-refractivity contribution in [1.82, 2.24) is 20.1 Å². The van der Waals surface area contributed by atoms with E-state index in [1.165, 1.54) is 23.1 Å². The summed E-state index contributed by atoms with van der Waals surface area (Å²) in [5, 5.41) is 15.6. The highest BCUT2D eigenvalue weighted by Gasteiger charge is 2.22. The topological polar surface area (TPSA) is 92.8 Å². The van der Waals surface area contributed by atoms with Gasteiger partial charge < -0.3 is 10.1 Å². The van der Waals surface area contributed by atoms with Crippen LogP contribution in [0.3, 0.4) is 0 Å². The zero-order valence-corrected chi connectivity index (χ0v) is 13.6. The molecule has 0 spiro atoms. The molecule has 0 aliphatic carbocycles. The molecule has 1 aromatic heterocycles. The lowest BCUT2D eigenvalue weighted by Gasteiger charge is -2.18. The third-order valence-electron chi connectivity index (χ3n) is 4.00. The van der Waals surface area contributed by atoms with Crippen LogP contribution in [0.1, 0.15) is 43.1 Å². The molecule has 1 aromatic carbocycles. The Morgan fingerprint density at radius 2 is 2.40 bits per heavy atom. The summed E-state index contributed by atoms with van der Waals surface area (Å²) in [7, 11) is 0. The molecule has 0 bridgehead atoms. The zero-order chi connectivity index (χ0) is 17.6. The Morgan fingerprint density at radius 3 is 3.20 bits per heavy atom. The van der Waals surface area contributed by atoms with E-state index in [0.717, 1.165) is 6.42 Å². The monoisotopic (exact) mass is 343 g/mol. The molecule has 7 nitrogen and oxygen atoms in total. The lowest BCUT2D eigenvalue weighted by molar-refractivity contribution is -0.122. The molecule has 0 saturated carbocycles. The third kappa shape index (κ3) is 4.32. The maximum Gasteiger partial charge on any atom is 0.252 e. The van der Waals surface area contributed by atoms with Gasteiger partial charge >= 0.3 is 0 Å². The first kappa shape index (κ1) is 16.9. The van der Waals surface area contributed by atoms with Gasteiger partial charge in [0, 0.05) is 18.5 Å². The lowest BCUT2D eigenvalue weighted by Crippen LogP contribution is -2.28. The average molecular weight is 343 g/mol. The zero-order valence-electron chi connectivity index (χ0n) is 13.6. The van der Waals surface area contributed by atoms with Crippen LogP contribution in [0.25, 0.3) is 0 Å². The summed E-state index contributed by atoms with van der Waals surface area (Å²) in [4.78, 5) is 16.0. The predicted octanol–water partition coefficient (Wildman–Crippen LogP) is 2.10. The Balaban J connectivity index is 1.55. The summed E-state index contributed by atoms with van der Waals surface area (Å²) in [5.74, 6) is 0.281. The number of amides is 1. The van der Waals surface area contributed by atoms with E-state index in [-0.39, 0.29) is 23.6 Å². The molecule has 1 aliphatic rings. The summed E-state index contributed by atoms with van der Waals surface area (Å²) in [6.45, 7) is 1.06. The fraction of sp³-hybridized carbons (Fsp3) is 0.412. The van der Waals surface area contributed by atoms with Gasteiger partial charge in [0.25, 0.3) is 5.82 Å². The molecule has 1 aliphatic heterocycles. The molecule has 130 valence electrons. The first-order chi connectivity index (χ1) is 12.2. The minimum absolute atomic E-state index is 0.109. The number of aryl methyl sites for hydroxylation is 1. The maximum atomic E-state index is 13.6. The van der Waals surface area contributed by atoms with Crippen LogP contribution >= 0.6 is 0 Å². The van der Waals surface area contributed by atoms with E-state index in [0.29, 0.717) is 43.7 Å². The Labute approximate surface area is 144 Å². The van der Waals surface area contributed by atoms with Crippen LogP contribution in [-0.2, 0) is 11.3 Å². The fourth-order valence-corrected chi connectivity index (χ4v) is 2.82. The number of nitrogens with one attached hydrogen (secondary N) is 1. The minimum Gasteiger partial charge on any atom is -0.493 e. The number of carbonyl (C=O) groups is 1. The largest absolute Gasteiger partial charge is 0.493 e. The molecule has 0 fully saturated rings. The number of fused-ring (bicyclic) bond motifs is 1. The number of carbonyl (C=O) groups excluding carboxylic acids is 1. The number of nitriles is 1. The Bertz CT molecular complexity index is 799. The van der Waals surface area contributed by atoms with Gasteiger partial charge in [0.1, 0.15) is 24.0 Å². The van der Waals surface area contributed by atoms with Crippen LogP contribution in [0, 0.1) is 17.1 Å². The smallest absolute Gasteiger partial charge is 0.252 e. The van der Waals surface area contributed by atoms with Gasteiger partial charge in [0.05, 0.1) is 12.6 Å². The lowest BCUT2D eigenvalue weighted by atomic mass is 10.0. The van der Waals surface area contributed by atoms with Crippen molar-refractivity contribution in [2.45, 2.75) is 38.3 Å². The van der Waals surface area contributed by atoms with Crippen LogP contribution in [0.2, 0.25) is 0 Å². The molecule has 2 heterocycles. The normalized spacial score (nSPS) is 16.2. The number of rotatable bonds is 5. The number of nitrogens with zero attached hydrogens (tertiary/aromatic N) is 4. The molecule has 25 heavy (non-hydrogen) atoms. The van der Waals surface area contributed by atoms with E-state index in [1.54, 1.807) is 6.07 Å². The van der Waals surface area contributed by atoms with Crippen molar-refractivity contribution in [3.8, 4) is 11.8 Å². The number of hydrogen-bond acceptors (Lipinski definition) is 5. The fourth-order valence-electron chi connectivity index (χ4n) is 2.82. The standard InChI is InChI=1S/C17H18FN5O2/c18-12-5-6-15-13(9-12)14(3-2-8-25-15)21-17(24)4-1-7-23-11-20-16(10-19)22-23/h5-6,9,11,14H,1-4,7-8H2,(H,21,24). The van der Waals surface area contributed by atoms with Crippen molar-refractivity contribution in [2.75, 3.05) is 6.61 Å². The molecule has 1 unspecified atom stereocenters. The van der Waals surface area contributed by atoms with E-state index >= 15 is 0 Å². The third-order valence-corrected chi connectivity index (χ3v) is 4.00. The van der Waals surface area contributed by atoms with Crippen molar-refractivity contribution < 1.29 is 13.9 Å². The summed E-state index contributed by atoms with van der Waals surface area (Å²) < 4.78 is 20.7. The molecule has 0 radical (unpaired) electrons. The van der Waals surface area contributed by atoms with Gasteiger partial charge in [-0.1, -0.05) is 0 Å². The second kappa shape index (κ2) is 7.75. The van der Waals surface area contributed by atoms with Crippen LogP contribution in [0.15, 0.2) is 24.5 Å². The van der Waals surface area contributed by atoms with Crippen molar-refractivity contribution in [3.63, 3.8) is 0 Å². The van der Waals surface area contributed by atoms with E-state index in [1.807, 2.05) is 6.07 Å². The van der Waals surface area contributed by atoms with E-state index in [4.69, 9.17) is 10.00 Å². The number of hydrogen-bond donors (Lipinski definition) is 1. The van der Waals surface area contributed by atoms with Crippen LogP contribution in [0.5, 0.6) is 5.75 Å². The first-order valence-corrected chi connectivity index (χ1v) is 8.17. The summed E-state index contributed by atoms with van der Waals surface area (Å²) in [5.41, 5.74) is 0.681. The molecule has 1 amide bonds. The summed E-state index contributed by atoms with van der Waals surface area (Å²) >= 11 is 0. The van der Waals surface area contributed by atoms with Gasteiger partial charge in [0.2, 0.25) is 5.91 Å². The number of benzene rings is 1. The van der Waals surface area contributed by atoms with Gasteiger partial charge in [-0.3, -0.25) is 9.48 Å². The van der Waals surface area contributed by atoms with Crippen LogP contribution in [-0.4, -0.2) is 27.3 Å². The van der Waals surface area contributed by atoms with Gasteiger partial charge in [-0.2, -0.15) is 5.26 Å². The highest BCUT2D eigenvalue weighted by molar-refractivity contribution is 5.76. The van der Waals surface area contributed by atoms with Crippen molar-refractivity contribution in [1.29, 1.82) is 5.26 Å². The summed E-state index contributed by atoms with van der Waals surface area (Å²) in [6, 6.07) is 5.99. The van der Waals surface area contributed by atoms with Gasteiger partial charge in [0.15, 0.2) is 0 Å². The Hall–Kier alpha value is -2.95. The van der Waals surface area contributed by atoms with Crippen molar-refractivity contribution >= 4 is 5.91 Å². The SMILES string of the molecule is N#Cc1ncn(CCCC(=O)NC2CCCOc3ccc(F)cc32)n1. The van der Waals surface area contributed by atoms with Gasteiger partial charge in [-0.25, -0.2) is 9.37 Å². The van der Waals surface area contributed by atoms with Crippen molar-refractivity contribution in [2.24, 2.45) is 0 Å². The number of ether oxygens (including phenoxy) is 1. The first-order valence-electron chi connectivity index (χ1n) is 8.17.